The van der Waals surface area contributed by atoms with E-state index >= 15 is 0 Å². The molecule has 1 heterocycles. The first-order chi connectivity index (χ1) is 12.1. The van der Waals surface area contributed by atoms with Crippen molar-refractivity contribution < 1.29 is 9.59 Å². The normalized spacial score (nSPS) is 13.6. The topological polar surface area (TPSA) is 52.7 Å². The van der Waals surface area contributed by atoms with E-state index in [2.05, 4.69) is 5.32 Å². The fourth-order valence-electron chi connectivity index (χ4n) is 3.00. The summed E-state index contributed by atoms with van der Waals surface area (Å²) in [5.41, 5.74) is 2.21. The Labute approximate surface area is 148 Å². The van der Waals surface area contributed by atoms with Crippen molar-refractivity contribution in [1.29, 1.82) is 0 Å². The average molecular weight is 337 g/mol. The Morgan fingerprint density at radius 2 is 1.64 bits per heavy atom. The number of benzene rings is 2. The van der Waals surface area contributed by atoms with E-state index in [1.54, 1.807) is 13.1 Å². The lowest BCUT2D eigenvalue weighted by Gasteiger charge is -2.22. The highest BCUT2D eigenvalue weighted by atomic mass is 16.2. The van der Waals surface area contributed by atoms with Crippen LogP contribution in [0.2, 0.25) is 0 Å². The molecule has 2 amide bonds. The molecule has 1 N–H and O–H groups in total. The first kappa shape index (κ1) is 17.0. The van der Waals surface area contributed by atoms with E-state index in [-0.39, 0.29) is 18.4 Å². The van der Waals surface area contributed by atoms with E-state index in [1.807, 2.05) is 53.4 Å². The van der Waals surface area contributed by atoms with Gasteiger partial charge < -0.3 is 15.1 Å². The molecule has 25 heavy (non-hydrogen) atoms. The van der Waals surface area contributed by atoms with Crippen LogP contribution in [0.1, 0.15) is 23.2 Å². The van der Waals surface area contributed by atoms with Crippen LogP contribution >= 0.6 is 0 Å². The van der Waals surface area contributed by atoms with Gasteiger partial charge in [0.15, 0.2) is 0 Å². The SMILES string of the molecule is CN(CC(=O)N1CCCC1)C(=O)c1ccccc1Nc1ccccc1. The number of likely N-dealkylation sites (N-methyl/N-ethyl adjacent to an activating group) is 1. The fraction of sp³-hybridized carbons (Fsp3) is 0.300. The van der Waals surface area contributed by atoms with E-state index < -0.39 is 0 Å². The largest absolute Gasteiger partial charge is 0.355 e. The Morgan fingerprint density at radius 1 is 1.00 bits per heavy atom. The number of carbonyl (C=O) groups excluding carboxylic acids is 2. The zero-order valence-corrected chi connectivity index (χ0v) is 14.4. The van der Waals surface area contributed by atoms with Crippen molar-refractivity contribution in [2.45, 2.75) is 12.8 Å². The minimum Gasteiger partial charge on any atom is -0.355 e. The van der Waals surface area contributed by atoms with Gasteiger partial charge in [-0.2, -0.15) is 0 Å². The standard InChI is InChI=1S/C20H23N3O2/c1-22(15-19(24)23-13-7-8-14-23)20(25)17-11-5-6-12-18(17)21-16-9-3-2-4-10-16/h2-6,9-12,21H,7-8,13-15H2,1H3. The van der Waals surface area contributed by atoms with Gasteiger partial charge in [0.1, 0.15) is 0 Å². The average Bonchev–Trinajstić information content (AvgIpc) is 3.17. The first-order valence-electron chi connectivity index (χ1n) is 8.59. The molecule has 0 atom stereocenters. The summed E-state index contributed by atoms with van der Waals surface area (Å²) in [7, 11) is 1.68. The molecule has 0 radical (unpaired) electrons. The predicted molar refractivity (Wildman–Crippen MR) is 98.9 cm³/mol. The van der Waals surface area contributed by atoms with Gasteiger partial charge in [-0.3, -0.25) is 9.59 Å². The number of hydrogen-bond donors (Lipinski definition) is 1. The van der Waals surface area contributed by atoms with Crippen molar-refractivity contribution >= 4 is 23.2 Å². The lowest BCUT2D eigenvalue weighted by molar-refractivity contribution is -0.130. The van der Waals surface area contributed by atoms with Crippen LogP contribution in [0, 0.1) is 0 Å². The highest BCUT2D eigenvalue weighted by Crippen LogP contribution is 2.22. The van der Waals surface area contributed by atoms with E-state index in [1.165, 1.54) is 4.90 Å². The molecular weight excluding hydrogens is 314 g/mol. The summed E-state index contributed by atoms with van der Waals surface area (Å²) in [6.07, 6.45) is 2.10. The number of anilines is 2. The summed E-state index contributed by atoms with van der Waals surface area (Å²) in [4.78, 5) is 28.4. The Kier molecular flexibility index (Phi) is 5.33. The molecule has 2 aromatic rings. The molecule has 1 aliphatic heterocycles. The van der Waals surface area contributed by atoms with Crippen molar-refractivity contribution in [3.05, 3.63) is 60.2 Å². The second-order valence-corrected chi connectivity index (χ2v) is 6.29. The summed E-state index contributed by atoms with van der Waals surface area (Å²) in [5.74, 6) is -0.145. The summed E-state index contributed by atoms with van der Waals surface area (Å²) >= 11 is 0. The van der Waals surface area contributed by atoms with Gasteiger partial charge in [-0.25, -0.2) is 0 Å². The van der Waals surface area contributed by atoms with Gasteiger partial charge in [-0.05, 0) is 37.1 Å². The van der Waals surface area contributed by atoms with Gasteiger partial charge in [0.2, 0.25) is 5.91 Å². The number of likely N-dealkylation sites (tertiary alicyclic amines) is 1. The molecule has 5 heteroatoms. The molecule has 3 rings (SSSR count). The molecule has 0 saturated carbocycles. The second-order valence-electron chi connectivity index (χ2n) is 6.29. The summed E-state index contributed by atoms with van der Waals surface area (Å²) in [6.45, 7) is 1.71. The summed E-state index contributed by atoms with van der Waals surface area (Å²) < 4.78 is 0. The highest BCUT2D eigenvalue weighted by molar-refractivity contribution is 6.01. The summed E-state index contributed by atoms with van der Waals surface area (Å²) in [5, 5.41) is 3.27. The molecule has 0 aromatic heterocycles. The lowest BCUT2D eigenvalue weighted by atomic mass is 10.1. The monoisotopic (exact) mass is 337 g/mol. The van der Waals surface area contributed by atoms with Crippen molar-refractivity contribution in [1.82, 2.24) is 9.80 Å². The van der Waals surface area contributed by atoms with Crippen molar-refractivity contribution in [2.75, 3.05) is 32.0 Å². The maximum atomic E-state index is 12.8. The van der Waals surface area contributed by atoms with E-state index in [0.29, 0.717) is 5.56 Å². The van der Waals surface area contributed by atoms with Crippen molar-refractivity contribution in [3.8, 4) is 0 Å². The number of carbonyl (C=O) groups is 2. The van der Waals surface area contributed by atoms with Crippen molar-refractivity contribution in [2.24, 2.45) is 0 Å². The molecule has 0 unspecified atom stereocenters. The van der Waals surface area contributed by atoms with Crippen LogP contribution in [-0.4, -0.2) is 48.3 Å². The van der Waals surface area contributed by atoms with E-state index in [0.717, 1.165) is 37.3 Å². The molecule has 0 spiro atoms. The highest BCUT2D eigenvalue weighted by Gasteiger charge is 2.22. The van der Waals surface area contributed by atoms with Crippen LogP contribution in [0.4, 0.5) is 11.4 Å². The molecule has 0 aliphatic carbocycles. The molecule has 130 valence electrons. The van der Waals surface area contributed by atoms with Crippen LogP contribution in [0.3, 0.4) is 0 Å². The lowest BCUT2D eigenvalue weighted by Crippen LogP contribution is -2.40. The van der Waals surface area contributed by atoms with E-state index in [4.69, 9.17) is 0 Å². The van der Waals surface area contributed by atoms with Crippen molar-refractivity contribution in [3.63, 3.8) is 0 Å². The van der Waals surface area contributed by atoms with E-state index in [9.17, 15) is 9.59 Å². The van der Waals surface area contributed by atoms with Crippen LogP contribution in [-0.2, 0) is 4.79 Å². The number of nitrogens with one attached hydrogen (secondary N) is 1. The van der Waals surface area contributed by atoms with Gasteiger partial charge in [-0.1, -0.05) is 30.3 Å². The Bertz CT molecular complexity index is 740. The molecule has 2 aromatic carbocycles. The number of hydrogen-bond acceptors (Lipinski definition) is 3. The third-order valence-electron chi connectivity index (χ3n) is 4.39. The van der Waals surface area contributed by atoms with Crippen LogP contribution in [0.5, 0.6) is 0 Å². The third kappa shape index (κ3) is 4.18. The number of rotatable bonds is 5. The quantitative estimate of drug-likeness (QED) is 0.912. The second kappa shape index (κ2) is 7.83. The molecule has 0 bridgehead atoms. The van der Waals surface area contributed by atoms with Gasteiger partial charge in [-0.15, -0.1) is 0 Å². The number of nitrogens with zero attached hydrogens (tertiary/aromatic N) is 2. The summed E-state index contributed by atoms with van der Waals surface area (Å²) in [6, 6.07) is 17.1. The van der Waals surface area contributed by atoms with Gasteiger partial charge in [0.25, 0.3) is 5.91 Å². The smallest absolute Gasteiger partial charge is 0.256 e. The predicted octanol–water partition coefficient (Wildman–Crippen LogP) is 3.12. The minimum atomic E-state index is -0.161. The maximum absolute atomic E-state index is 12.8. The van der Waals surface area contributed by atoms with Crippen LogP contribution in [0.15, 0.2) is 54.6 Å². The molecule has 1 saturated heterocycles. The zero-order chi connectivity index (χ0) is 17.6. The fourth-order valence-corrected chi connectivity index (χ4v) is 3.00. The van der Waals surface area contributed by atoms with Crippen LogP contribution < -0.4 is 5.32 Å². The Morgan fingerprint density at radius 3 is 2.36 bits per heavy atom. The Balaban J connectivity index is 1.72. The minimum absolute atomic E-state index is 0.0156. The maximum Gasteiger partial charge on any atom is 0.256 e. The molecule has 5 nitrogen and oxygen atoms in total. The van der Waals surface area contributed by atoms with Gasteiger partial charge in [0, 0.05) is 25.8 Å². The first-order valence-corrected chi connectivity index (χ1v) is 8.59. The molecule has 1 aliphatic rings. The van der Waals surface area contributed by atoms with Crippen LogP contribution in [0.25, 0.3) is 0 Å². The number of para-hydroxylation sites is 2. The third-order valence-corrected chi connectivity index (χ3v) is 4.39. The molecule has 1 fully saturated rings. The Hall–Kier alpha value is -2.82. The van der Waals surface area contributed by atoms with Gasteiger partial charge >= 0.3 is 0 Å². The van der Waals surface area contributed by atoms with Gasteiger partial charge in [0.05, 0.1) is 17.8 Å². The molecular formula is C20H23N3O2. The number of amides is 2. The zero-order valence-electron chi connectivity index (χ0n) is 14.4.